The van der Waals surface area contributed by atoms with Crippen molar-refractivity contribution in [2.75, 3.05) is 0 Å². The van der Waals surface area contributed by atoms with Crippen molar-refractivity contribution >= 4 is 20.0 Å². The largest absolute Gasteiger partial charge is 0.444 e. The van der Waals surface area contributed by atoms with Crippen molar-refractivity contribution in [1.29, 1.82) is 0 Å². The van der Waals surface area contributed by atoms with Gasteiger partial charge in [0.15, 0.2) is 5.78 Å². The third-order valence-electron chi connectivity index (χ3n) is 6.51. The molecule has 6 nitrogen and oxygen atoms in total. The highest BCUT2D eigenvalue weighted by Gasteiger charge is 2.70. The van der Waals surface area contributed by atoms with Crippen molar-refractivity contribution in [2.24, 2.45) is 5.92 Å². The first kappa shape index (κ1) is 19.4. The molecule has 0 aromatic heterocycles. The molecule has 3 aliphatic rings. The van der Waals surface area contributed by atoms with Crippen LogP contribution in [-0.4, -0.2) is 58.9 Å². The third-order valence-corrected chi connectivity index (χ3v) is 8.58. The van der Waals surface area contributed by atoms with E-state index in [4.69, 9.17) is 4.74 Å². The highest BCUT2D eigenvalue weighted by Crippen LogP contribution is 2.55. The Morgan fingerprint density at radius 1 is 1.18 bits per heavy atom. The van der Waals surface area contributed by atoms with Crippen LogP contribution in [0.4, 0.5) is 4.79 Å². The fraction of sp³-hybridized carbons (Fsp3) is 0.524. The van der Waals surface area contributed by atoms with Gasteiger partial charge in [-0.25, -0.2) is 4.79 Å². The zero-order chi connectivity index (χ0) is 20.4. The molecule has 1 aliphatic heterocycles. The summed E-state index contributed by atoms with van der Waals surface area (Å²) in [4.78, 5) is 26.9. The Hall–Kier alpha value is -1.96. The van der Waals surface area contributed by atoms with Gasteiger partial charge < -0.3 is 14.9 Å². The summed E-state index contributed by atoms with van der Waals surface area (Å²) >= 11 is 0. The Labute approximate surface area is 165 Å². The van der Waals surface area contributed by atoms with Gasteiger partial charge in [-0.1, -0.05) is 50.0 Å². The number of hydrogen-bond donors (Lipinski definition) is 2. The number of carbonyl (C=O) groups is 2. The summed E-state index contributed by atoms with van der Waals surface area (Å²) in [5.41, 5.74) is 0.248. The number of fused-ring (bicyclic) bond motifs is 1. The number of hydrogen-bond acceptors (Lipinski definition) is 5. The maximum absolute atomic E-state index is 12.7. The van der Waals surface area contributed by atoms with E-state index in [1.54, 1.807) is 6.92 Å². The van der Waals surface area contributed by atoms with Crippen molar-refractivity contribution in [3.8, 4) is 0 Å². The third kappa shape index (κ3) is 2.46. The predicted molar refractivity (Wildman–Crippen MR) is 106 cm³/mol. The number of rotatable bonds is 3. The average molecular weight is 402 g/mol. The van der Waals surface area contributed by atoms with Crippen LogP contribution in [0.5, 0.6) is 0 Å². The molecule has 0 bridgehead atoms. The van der Waals surface area contributed by atoms with Crippen LogP contribution in [-0.2, 0) is 16.1 Å². The minimum Gasteiger partial charge on any atom is -0.444 e. The number of cyclic esters (lactones) is 1. The normalized spacial score (nSPS) is 35.1. The van der Waals surface area contributed by atoms with Gasteiger partial charge in [0.25, 0.3) is 0 Å². The van der Waals surface area contributed by atoms with Crippen molar-refractivity contribution in [2.45, 2.75) is 63.4 Å². The molecule has 4 rings (SSSR count). The molecular weight excluding hydrogens is 374 g/mol. The molecule has 5 atom stereocenters. The molecule has 2 aliphatic carbocycles. The zero-order valence-electron chi connectivity index (χ0n) is 16.7. The fourth-order valence-electron chi connectivity index (χ4n) is 5.39. The summed E-state index contributed by atoms with van der Waals surface area (Å²) in [5.74, 6) is -0.431. The number of carbonyl (C=O) groups excluding carboxylic acids is 2. The van der Waals surface area contributed by atoms with E-state index in [2.05, 4.69) is 19.6 Å². The van der Waals surface area contributed by atoms with Gasteiger partial charge >= 0.3 is 6.09 Å². The van der Waals surface area contributed by atoms with E-state index in [0.29, 0.717) is 10.8 Å². The number of ketones is 1. The van der Waals surface area contributed by atoms with E-state index >= 15 is 0 Å². The topological polar surface area (TPSA) is 87.1 Å². The maximum Gasteiger partial charge on any atom is 0.411 e. The molecule has 1 saturated heterocycles. The second-order valence-corrected chi connectivity index (χ2v) is 14.1. The molecule has 1 unspecified atom stereocenters. The molecule has 1 heterocycles. The number of benzene rings is 1. The Kier molecular flexibility index (Phi) is 4.33. The van der Waals surface area contributed by atoms with Crippen LogP contribution >= 0.6 is 0 Å². The van der Waals surface area contributed by atoms with Crippen molar-refractivity contribution in [3.63, 3.8) is 0 Å². The Morgan fingerprint density at radius 2 is 1.82 bits per heavy atom. The summed E-state index contributed by atoms with van der Waals surface area (Å²) in [6, 6.07) is 9.45. The van der Waals surface area contributed by atoms with Crippen molar-refractivity contribution in [1.82, 2.24) is 4.90 Å². The first-order chi connectivity index (χ1) is 13.1. The number of nitrogens with zero attached hydrogens (tertiary/aromatic N) is 1. The molecule has 2 N–H and O–H groups in total. The zero-order valence-corrected chi connectivity index (χ0v) is 17.7. The predicted octanol–water partition coefficient (Wildman–Crippen LogP) is 2.26. The lowest BCUT2D eigenvalue weighted by molar-refractivity contribution is -0.117. The van der Waals surface area contributed by atoms with Gasteiger partial charge in [0, 0.05) is 18.9 Å². The lowest BCUT2D eigenvalue weighted by Gasteiger charge is -2.41. The standard InChI is InChI=1S/C21H27NO5Si/c1-12-21(22(20(26)27-12)11-13-8-6-5-7-9-13)18(24)14-10-15(23)17(28(2,3)4)16(14)19(21)25/h5-9,12,14,18-19,24-25H,10-11H2,1-4H3/t12-,14?,18+,19+,21-/m0/s1. The van der Waals surface area contributed by atoms with Crippen LogP contribution in [0.2, 0.25) is 19.6 Å². The number of amides is 1. The minimum absolute atomic E-state index is 0.0274. The van der Waals surface area contributed by atoms with Gasteiger partial charge in [-0.15, -0.1) is 0 Å². The molecule has 1 amide bonds. The van der Waals surface area contributed by atoms with Crippen LogP contribution in [0.15, 0.2) is 41.1 Å². The molecule has 1 saturated carbocycles. The Morgan fingerprint density at radius 3 is 2.43 bits per heavy atom. The van der Waals surface area contributed by atoms with Gasteiger partial charge in [0.2, 0.25) is 0 Å². The number of allylic oxidation sites excluding steroid dienone is 1. The summed E-state index contributed by atoms with van der Waals surface area (Å²) in [6.45, 7) is 8.16. The fourth-order valence-corrected chi connectivity index (χ4v) is 7.51. The Balaban J connectivity index is 1.84. The molecule has 28 heavy (non-hydrogen) atoms. The smallest absolute Gasteiger partial charge is 0.411 e. The van der Waals surface area contributed by atoms with E-state index in [9.17, 15) is 19.8 Å². The first-order valence-electron chi connectivity index (χ1n) is 9.76. The van der Waals surface area contributed by atoms with E-state index in [-0.39, 0.29) is 18.7 Å². The summed E-state index contributed by atoms with van der Waals surface area (Å²) < 4.78 is 5.51. The lowest BCUT2D eigenvalue weighted by atomic mass is 9.83. The molecule has 1 aromatic carbocycles. The molecule has 7 heteroatoms. The van der Waals surface area contributed by atoms with Gasteiger partial charge in [-0.3, -0.25) is 9.69 Å². The summed E-state index contributed by atoms with van der Waals surface area (Å²) in [7, 11) is -2.03. The lowest BCUT2D eigenvalue weighted by Crippen LogP contribution is -2.62. The Bertz CT molecular complexity index is 861. The number of ether oxygens (including phenoxy) is 1. The quantitative estimate of drug-likeness (QED) is 0.759. The van der Waals surface area contributed by atoms with E-state index in [1.165, 1.54) is 4.90 Å². The molecule has 1 aromatic rings. The van der Waals surface area contributed by atoms with Crippen LogP contribution in [0.3, 0.4) is 0 Å². The van der Waals surface area contributed by atoms with E-state index < -0.39 is 43.9 Å². The molecular formula is C21H27NO5Si. The molecule has 1 spiro atoms. The van der Waals surface area contributed by atoms with Gasteiger partial charge in [0.1, 0.15) is 17.7 Å². The second kappa shape index (κ2) is 6.27. The highest BCUT2D eigenvalue weighted by molar-refractivity contribution is 6.87. The van der Waals surface area contributed by atoms with Gasteiger partial charge in [-0.2, -0.15) is 0 Å². The van der Waals surface area contributed by atoms with Gasteiger partial charge in [0.05, 0.1) is 14.2 Å². The number of aliphatic hydroxyl groups excluding tert-OH is 2. The average Bonchev–Trinajstić information content (AvgIpc) is 3.16. The van der Waals surface area contributed by atoms with Crippen molar-refractivity contribution in [3.05, 3.63) is 46.7 Å². The minimum atomic E-state index is -2.03. The first-order valence-corrected chi connectivity index (χ1v) is 13.3. The van der Waals surface area contributed by atoms with Crippen LogP contribution < -0.4 is 0 Å². The van der Waals surface area contributed by atoms with E-state index in [0.717, 1.165) is 5.56 Å². The highest BCUT2D eigenvalue weighted by atomic mass is 28.3. The van der Waals surface area contributed by atoms with E-state index in [1.807, 2.05) is 30.3 Å². The summed E-state index contributed by atoms with van der Waals surface area (Å²) in [5, 5.41) is 23.6. The second-order valence-electron chi connectivity index (χ2n) is 9.15. The monoisotopic (exact) mass is 401 g/mol. The SMILES string of the molecule is C[C@@H]1OC(=O)N(Cc2ccccc2)[C@@]12[C@H](O)C1=C([Si](C)(C)C)C(=O)CC1[C@H]2O. The van der Waals surface area contributed by atoms with Crippen LogP contribution in [0.1, 0.15) is 18.9 Å². The maximum atomic E-state index is 12.7. The number of aliphatic hydroxyl groups is 2. The molecule has 150 valence electrons. The number of Topliss-reactive ketones (excluding diaryl/α,β-unsaturated/α-hetero) is 1. The molecule has 0 radical (unpaired) electrons. The van der Waals surface area contributed by atoms with Crippen molar-refractivity contribution < 1.29 is 24.5 Å². The molecule has 2 fully saturated rings. The van der Waals surface area contributed by atoms with Crippen LogP contribution in [0.25, 0.3) is 0 Å². The summed E-state index contributed by atoms with van der Waals surface area (Å²) in [6.07, 6.45) is -3.22. The van der Waals surface area contributed by atoms with Gasteiger partial charge in [-0.05, 0) is 23.3 Å². The van der Waals surface area contributed by atoms with Crippen LogP contribution in [0, 0.1) is 5.92 Å².